The van der Waals surface area contributed by atoms with E-state index in [-0.39, 0.29) is 18.0 Å². The summed E-state index contributed by atoms with van der Waals surface area (Å²) in [5.41, 5.74) is 5.73. The SMILES string of the molecule is C=C[C@@H](N)c1c(F)ccc(C)c1F.Cl. The number of hydrogen-bond acceptors (Lipinski definition) is 1. The van der Waals surface area contributed by atoms with Gasteiger partial charge in [-0.25, -0.2) is 8.78 Å². The molecule has 0 fully saturated rings. The first kappa shape index (κ1) is 13.1. The van der Waals surface area contributed by atoms with Crippen LogP contribution in [0, 0.1) is 18.6 Å². The number of rotatable bonds is 2. The highest BCUT2D eigenvalue weighted by atomic mass is 35.5. The molecule has 1 nitrogen and oxygen atoms in total. The number of halogens is 3. The summed E-state index contributed by atoms with van der Waals surface area (Å²) >= 11 is 0. The smallest absolute Gasteiger partial charge is 0.134 e. The van der Waals surface area contributed by atoms with Gasteiger partial charge in [-0.2, -0.15) is 0 Å². The molecule has 4 heteroatoms. The Morgan fingerprint density at radius 3 is 2.50 bits per heavy atom. The zero-order chi connectivity index (χ0) is 10.0. The van der Waals surface area contributed by atoms with Crippen LogP contribution in [0.4, 0.5) is 8.78 Å². The Balaban J connectivity index is 0.00000169. The molecule has 0 radical (unpaired) electrons. The summed E-state index contributed by atoms with van der Waals surface area (Å²) in [5, 5.41) is 0. The van der Waals surface area contributed by atoms with E-state index in [1.54, 1.807) is 6.92 Å². The van der Waals surface area contributed by atoms with Crippen molar-refractivity contribution in [3.63, 3.8) is 0 Å². The minimum absolute atomic E-state index is 0. The minimum Gasteiger partial charge on any atom is -0.321 e. The Morgan fingerprint density at radius 1 is 1.43 bits per heavy atom. The third kappa shape index (κ3) is 2.30. The lowest BCUT2D eigenvalue weighted by Gasteiger charge is -2.10. The Kier molecular flexibility index (Phi) is 4.74. The largest absolute Gasteiger partial charge is 0.321 e. The summed E-state index contributed by atoms with van der Waals surface area (Å²) in [6, 6.07) is 1.79. The van der Waals surface area contributed by atoms with Crippen LogP contribution in [-0.2, 0) is 0 Å². The fraction of sp³-hybridized carbons (Fsp3) is 0.200. The van der Waals surface area contributed by atoms with Gasteiger partial charge in [0.05, 0.1) is 6.04 Å². The molecule has 1 aromatic carbocycles. The minimum atomic E-state index is -0.792. The van der Waals surface area contributed by atoms with E-state index in [0.29, 0.717) is 5.56 Å². The third-order valence-electron chi connectivity index (χ3n) is 1.91. The second kappa shape index (κ2) is 5.08. The van der Waals surface area contributed by atoms with E-state index in [0.717, 1.165) is 0 Å². The topological polar surface area (TPSA) is 26.0 Å². The van der Waals surface area contributed by atoms with Gasteiger partial charge < -0.3 is 5.73 Å². The molecule has 0 saturated carbocycles. The van der Waals surface area contributed by atoms with Gasteiger partial charge in [-0.15, -0.1) is 19.0 Å². The Morgan fingerprint density at radius 2 is 2.00 bits per heavy atom. The maximum atomic E-state index is 13.3. The molecular formula is C10H12ClF2N. The van der Waals surface area contributed by atoms with Crippen LogP contribution in [0.3, 0.4) is 0 Å². The van der Waals surface area contributed by atoms with E-state index < -0.39 is 17.7 Å². The van der Waals surface area contributed by atoms with Crippen molar-refractivity contribution in [2.24, 2.45) is 5.73 Å². The number of hydrogen-bond donors (Lipinski definition) is 1. The molecule has 2 N–H and O–H groups in total. The van der Waals surface area contributed by atoms with Gasteiger partial charge in [-0.1, -0.05) is 12.1 Å². The molecule has 1 aromatic rings. The number of aryl methyl sites for hydroxylation is 1. The quantitative estimate of drug-likeness (QED) is 0.761. The highest BCUT2D eigenvalue weighted by molar-refractivity contribution is 5.85. The molecular weight excluding hydrogens is 208 g/mol. The summed E-state index contributed by atoms with van der Waals surface area (Å²) < 4.78 is 26.4. The van der Waals surface area contributed by atoms with Crippen LogP contribution in [0.15, 0.2) is 24.8 Å². The van der Waals surface area contributed by atoms with Crippen molar-refractivity contribution in [1.29, 1.82) is 0 Å². The zero-order valence-electron chi connectivity index (χ0n) is 7.76. The standard InChI is InChI=1S/C10H11F2N.ClH/c1-3-8(13)9-7(11)5-4-6(2)10(9)12;/h3-5,8H,1,13H2,2H3;1H/t8-;/m1./s1. The molecule has 1 atom stereocenters. The van der Waals surface area contributed by atoms with Crippen molar-refractivity contribution in [1.82, 2.24) is 0 Å². The van der Waals surface area contributed by atoms with Gasteiger partial charge in [0.25, 0.3) is 0 Å². The molecule has 14 heavy (non-hydrogen) atoms. The van der Waals surface area contributed by atoms with Crippen molar-refractivity contribution in [2.45, 2.75) is 13.0 Å². The van der Waals surface area contributed by atoms with Gasteiger partial charge in [0.2, 0.25) is 0 Å². The van der Waals surface area contributed by atoms with Gasteiger partial charge in [0.15, 0.2) is 0 Å². The molecule has 0 amide bonds. The molecule has 0 aliphatic heterocycles. The van der Waals surface area contributed by atoms with E-state index >= 15 is 0 Å². The Labute approximate surface area is 88.0 Å². The second-order valence-corrected chi connectivity index (χ2v) is 2.85. The molecule has 78 valence electrons. The highest BCUT2D eigenvalue weighted by Crippen LogP contribution is 2.21. The van der Waals surface area contributed by atoms with Crippen LogP contribution in [0.5, 0.6) is 0 Å². The lowest BCUT2D eigenvalue weighted by Crippen LogP contribution is -2.12. The van der Waals surface area contributed by atoms with Crippen LogP contribution in [0.1, 0.15) is 17.2 Å². The molecule has 0 aliphatic carbocycles. The van der Waals surface area contributed by atoms with Gasteiger partial charge in [-0.3, -0.25) is 0 Å². The van der Waals surface area contributed by atoms with E-state index in [1.165, 1.54) is 18.2 Å². The molecule has 0 heterocycles. The summed E-state index contributed by atoms with van der Waals surface area (Å²) in [5.74, 6) is -1.22. The fourth-order valence-corrected chi connectivity index (χ4v) is 1.10. The summed E-state index contributed by atoms with van der Waals surface area (Å²) in [7, 11) is 0. The first-order valence-electron chi connectivity index (χ1n) is 3.90. The Hall–Kier alpha value is -0.930. The molecule has 0 saturated heterocycles. The van der Waals surface area contributed by atoms with Crippen molar-refractivity contribution < 1.29 is 8.78 Å². The fourth-order valence-electron chi connectivity index (χ4n) is 1.10. The lowest BCUT2D eigenvalue weighted by molar-refractivity contribution is 0.541. The van der Waals surface area contributed by atoms with Crippen LogP contribution in [0.25, 0.3) is 0 Å². The summed E-state index contributed by atoms with van der Waals surface area (Å²) in [6.45, 7) is 4.95. The average molecular weight is 220 g/mol. The van der Waals surface area contributed by atoms with Gasteiger partial charge >= 0.3 is 0 Å². The van der Waals surface area contributed by atoms with Gasteiger partial charge in [0, 0.05) is 5.56 Å². The van der Waals surface area contributed by atoms with Crippen LogP contribution < -0.4 is 5.73 Å². The maximum absolute atomic E-state index is 13.3. The second-order valence-electron chi connectivity index (χ2n) is 2.85. The van der Waals surface area contributed by atoms with Crippen LogP contribution >= 0.6 is 12.4 Å². The number of nitrogens with two attached hydrogens (primary N) is 1. The van der Waals surface area contributed by atoms with Crippen molar-refractivity contribution in [3.8, 4) is 0 Å². The van der Waals surface area contributed by atoms with Crippen molar-refractivity contribution in [3.05, 3.63) is 47.5 Å². The highest BCUT2D eigenvalue weighted by Gasteiger charge is 2.15. The first-order valence-corrected chi connectivity index (χ1v) is 3.90. The predicted octanol–water partition coefficient (Wildman–Crippen LogP) is 2.88. The van der Waals surface area contributed by atoms with Gasteiger partial charge in [0.1, 0.15) is 11.6 Å². The maximum Gasteiger partial charge on any atom is 0.134 e. The van der Waals surface area contributed by atoms with E-state index in [1.807, 2.05) is 0 Å². The van der Waals surface area contributed by atoms with Crippen LogP contribution in [0.2, 0.25) is 0 Å². The zero-order valence-corrected chi connectivity index (χ0v) is 8.57. The molecule has 0 aromatic heterocycles. The van der Waals surface area contributed by atoms with Crippen LogP contribution in [-0.4, -0.2) is 0 Å². The summed E-state index contributed by atoms with van der Waals surface area (Å²) in [4.78, 5) is 0. The van der Waals surface area contributed by atoms with Crippen molar-refractivity contribution in [2.75, 3.05) is 0 Å². The van der Waals surface area contributed by atoms with E-state index in [2.05, 4.69) is 6.58 Å². The molecule has 0 bridgehead atoms. The molecule has 0 aliphatic rings. The van der Waals surface area contributed by atoms with Gasteiger partial charge in [-0.05, 0) is 18.6 Å². The van der Waals surface area contributed by atoms with E-state index in [9.17, 15) is 8.78 Å². The lowest BCUT2D eigenvalue weighted by atomic mass is 10.0. The Bertz CT molecular complexity index is 339. The monoisotopic (exact) mass is 219 g/mol. The predicted molar refractivity (Wildman–Crippen MR) is 55.5 cm³/mol. The third-order valence-corrected chi connectivity index (χ3v) is 1.91. The molecule has 1 rings (SSSR count). The van der Waals surface area contributed by atoms with E-state index in [4.69, 9.17) is 5.73 Å². The molecule has 0 spiro atoms. The first-order chi connectivity index (χ1) is 6.07. The average Bonchev–Trinajstić information content (AvgIpc) is 2.12. The number of benzene rings is 1. The summed E-state index contributed by atoms with van der Waals surface area (Å²) in [6.07, 6.45) is 1.31. The van der Waals surface area contributed by atoms with Crippen molar-refractivity contribution >= 4 is 12.4 Å². The molecule has 0 unspecified atom stereocenters. The normalized spacial score (nSPS) is 11.7.